The Balaban J connectivity index is 1.59. The molecule has 0 saturated carbocycles. The Hall–Kier alpha value is -2.72. The van der Waals surface area contributed by atoms with Gasteiger partial charge in [-0.3, -0.25) is 0 Å². The number of nitrogens with zero attached hydrogens (tertiary/aromatic N) is 1. The molecule has 158 valence electrons. The van der Waals surface area contributed by atoms with Crippen LogP contribution in [-0.4, -0.2) is 23.9 Å². The van der Waals surface area contributed by atoms with Gasteiger partial charge in [0.05, 0.1) is 20.3 Å². The van der Waals surface area contributed by atoms with Gasteiger partial charge in [0.25, 0.3) is 0 Å². The number of benzene rings is 2. The second-order valence-electron chi connectivity index (χ2n) is 8.41. The van der Waals surface area contributed by atoms with Crippen LogP contribution < -0.4 is 9.47 Å². The van der Waals surface area contributed by atoms with E-state index in [1.165, 1.54) is 11.1 Å². The van der Waals surface area contributed by atoms with Gasteiger partial charge in [0, 0.05) is 30.4 Å². The summed E-state index contributed by atoms with van der Waals surface area (Å²) in [7, 11) is 3.32. The number of methoxy groups -OCH3 is 2. The van der Waals surface area contributed by atoms with Crippen molar-refractivity contribution in [3.05, 3.63) is 83.2 Å². The summed E-state index contributed by atoms with van der Waals surface area (Å²) in [6.07, 6.45) is 6.68. The van der Waals surface area contributed by atoms with Crippen molar-refractivity contribution in [3.8, 4) is 11.5 Å². The second kappa shape index (κ2) is 8.97. The largest absolute Gasteiger partial charge is 0.496 e. The van der Waals surface area contributed by atoms with E-state index in [0.717, 1.165) is 48.4 Å². The summed E-state index contributed by atoms with van der Waals surface area (Å²) in [4.78, 5) is 0. The molecule has 3 aromatic rings. The van der Waals surface area contributed by atoms with E-state index in [4.69, 9.17) is 9.47 Å². The maximum Gasteiger partial charge on any atom is 0.125 e. The van der Waals surface area contributed by atoms with Crippen LogP contribution in [0.2, 0.25) is 0 Å². The van der Waals surface area contributed by atoms with Crippen LogP contribution >= 0.6 is 0 Å². The van der Waals surface area contributed by atoms with Gasteiger partial charge < -0.3 is 19.1 Å². The van der Waals surface area contributed by atoms with Crippen LogP contribution in [0.1, 0.15) is 34.8 Å². The van der Waals surface area contributed by atoms with Gasteiger partial charge in [-0.15, -0.1) is 0 Å². The molecule has 0 radical (unpaired) electrons. The van der Waals surface area contributed by atoms with E-state index in [-0.39, 0.29) is 5.92 Å². The molecule has 1 N–H and O–H groups in total. The third-order valence-corrected chi connectivity index (χ3v) is 6.45. The van der Waals surface area contributed by atoms with Crippen molar-refractivity contribution in [2.75, 3.05) is 14.2 Å². The Bertz CT molecular complexity index is 930. The van der Waals surface area contributed by atoms with E-state index < -0.39 is 6.10 Å². The fourth-order valence-corrected chi connectivity index (χ4v) is 4.86. The van der Waals surface area contributed by atoms with Gasteiger partial charge in [-0.25, -0.2) is 0 Å². The molecular formula is C26H31NO3. The molecule has 0 amide bonds. The molecule has 0 unspecified atom stereocenters. The summed E-state index contributed by atoms with van der Waals surface area (Å²) >= 11 is 0. The molecule has 1 aromatic heterocycles. The number of ether oxygens (including phenoxy) is 2. The molecule has 4 nitrogen and oxygen atoms in total. The number of rotatable bonds is 8. The summed E-state index contributed by atoms with van der Waals surface area (Å²) in [6.45, 7) is 2.75. The Morgan fingerprint density at radius 1 is 0.967 bits per heavy atom. The van der Waals surface area contributed by atoms with Crippen LogP contribution in [-0.2, 0) is 19.4 Å². The van der Waals surface area contributed by atoms with Crippen LogP contribution in [0.5, 0.6) is 11.5 Å². The van der Waals surface area contributed by atoms with E-state index in [2.05, 4.69) is 41.2 Å². The fourth-order valence-electron chi connectivity index (χ4n) is 4.86. The molecule has 2 atom stereocenters. The predicted molar refractivity (Wildman–Crippen MR) is 119 cm³/mol. The molecule has 30 heavy (non-hydrogen) atoms. The zero-order valence-electron chi connectivity index (χ0n) is 18.0. The lowest BCUT2D eigenvalue weighted by Crippen LogP contribution is -2.22. The summed E-state index contributed by atoms with van der Waals surface area (Å²) in [5, 5.41) is 11.5. The molecule has 1 aliphatic rings. The summed E-state index contributed by atoms with van der Waals surface area (Å²) in [5.74, 6) is 2.13. The maximum atomic E-state index is 11.5. The van der Waals surface area contributed by atoms with Gasteiger partial charge in [0.2, 0.25) is 0 Å². The van der Waals surface area contributed by atoms with E-state index in [9.17, 15) is 5.11 Å². The Kier molecular flexibility index (Phi) is 6.14. The van der Waals surface area contributed by atoms with Gasteiger partial charge in [-0.1, -0.05) is 24.3 Å². The SMILES string of the molecule is COc1cc([C@@H](O)[C@H](CC2Cc3ccccc3C2)Cn2cccc2)cc(OC)c1C. The highest BCUT2D eigenvalue weighted by atomic mass is 16.5. The average Bonchev–Trinajstić information content (AvgIpc) is 3.42. The zero-order chi connectivity index (χ0) is 21.1. The summed E-state index contributed by atoms with van der Waals surface area (Å²) in [5.41, 5.74) is 4.71. The lowest BCUT2D eigenvalue weighted by atomic mass is 9.85. The van der Waals surface area contributed by atoms with Crippen LogP contribution in [0, 0.1) is 18.8 Å². The molecule has 0 saturated heterocycles. The molecule has 0 aliphatic heterocycles. The molecule has 4 rings (SSSR count). The van der Waals surface area contributed by atoms with Crippen LogP contribution in [0.15, 0.2) is 60.9 Å². The van der Waals surface area contributed by atoms with Crippen molar-refractivity contribution in [1.82, 2.24) is 4.57 Å². The minimum Gasteiger partial charge on any atom is -0.496 e. The van der Waals surface area contributed by atoms with Crippen molar-refractivity contribution >= 4 is 0 Å². The molecule has 1 heterocycles. The smallest absolute Gasteiger partial charge is 0.125 e. The summed E-state index contributed by atoms with van der Waals surface area (Å²) < 4.78 is 13.3. The van der Waals surface area contributed by atoms with Gasteiger partial charge in [0.15, 0.2) is 0 Å². The first-order valence-corrected chi connectivity index (χ1v) is 10.7. The number of aliphatic hydroxyl groups is 1. The second-order valence-corrected chi connectivity index (χ2v) is 8.41. The molecule has 1 aliphatic carbocycles. The Morgan fingerprint density at radius 3 is 2.07 bits per heavy atom. The summed E-state index contributed by atoms with van der Waals surface area (Å²) in [6, 6.07) is 16.7. The van der Waals surface area contributed by atoms with Gasteiger partial charge in [-0.2, -0.15) is 0 Å². The minimum atomic E-state index is -0.598. The first-order chi connectivity index (χ1) is 14.6. The van der Waals surface area contributed by atoms with Crippen molar-refractivity contribution in [2.24, 2.45) is 11.8 Å². The van der Waals surface area contributed by atoms with E-state index in [1.54, 1.807) is 14.2 Å². The van der Waals surface area contributed by atoms with E-state index in [0.29, 0.717) is 5.92 Å². The van der Waals surface area contributed by atoms with Gasteiger partial charge in [0.1, 0.15) is 11.5 Å². The first-order valence-electron chi connectivity index (χ1n) is 10.7. The molecule has 0 fully saturated rings. The molecule has 0 bridgehead atoms. The molecule has 4 heteroatoms. The number of hydrogen-bond acceptors (Lipinski definition) is 3. The standard InChI is InChI=1S/C26H31NO3/c1-18-24(29-2)15-22(16-25(18)30-3)26(28)23(17-27-10-6-7-11-27)14-19-12-20-8-4-5-9-21(20)13-19/h4-11,15-16,19,23,26,28H,12-14,17H2,1-3H3/t23-,26-/m1/s1. The predicted octanol–water partition coefficient (Wildman–Crippen LogP) is 4.97. The normalized spacial score (nSPS) is 15.6. The lowest BCUT2D eigenvalue weighted by Gasteiger charge is -2.27. The van der Waals surface area contributed by atoms with Crippen molar-refractivity contribution < 1.29 is 14.6 Å². The number of hydrogen-bond donors (Lipinski definition) is 1. The quantitative estimate of drug-likeness (QED) is 0.575. The first kappa shape index (κ1) is 20.5. The van der Waals surface area contributed by atoms with Crippen molar-refractivity contribution in [3.63, 3.8) is 0 Å². The topological polar surface area (TPSA) is 43.6 Å². The fraction of sp³-hybridized carbons (Fsp3) is 0.385. The molecular weight excluding hydrogens is 374 g/mol. The molecule has 0 spiro atoms. The number of aliphatic hydroxyl groups excluding tert-OH is 1. The highest BCUT2D eigenvalue weighted by Gasteiger charge is 2.29. The Morgan fingerprint density at radius 2 is 1.53 bits per heavy atom. The maximum absolute atomic E-state index is 11.5. The number of fused-ring (bicyclic) bond motifs is 1. The van der Waals surface area contributed by atoms with E-state index in [1.807, 2.05) is 31.2 Å². The average molecular weight is 406 g/mol. The van der Waals surface area contributed by atoms with Gasteiger partial charge >= 0.3 is 0 Å². The van der Waals surface area contributed by atoms with Crippen LogP contribution in [0.3, 0.4) is 0 Å². The van der Waals surface area contributed by atoms with Crippen LogP contribution in [0.25, 0.3) is 0 Å². The highest BCUT2D eigenvalue weighted by molar-refractivity contribution is 5.48. The monoisotopic (exact) mass is 405 g/mol. The Labute approximate surface area is 179 Å². The zero-order valence-corrected chi connectivity index (χ0v) is 18.0. The van der Waals surface area contributed by atoms with E-state index >= 15 is 0 Å². The van der Waals surface area contributed by atoms with Gasteiger partial charge in [-0.05, 0) is 73.1 Å². The van der Waals surface area contributed by atoms with Crippen molar-refractivity contribution in [1.29, 1.82) is 0 Å². The minimum absolute atomic E-state index is 0.0915. The van der Waals surface area contributed by atoms with Crippen molar-refractivity contribution in [2.45, 2.75) is 38.8 Å². The highest BCUT2D eigenvalue weighted by Crippen LogP contribution is 2.39. The third kappa shape index (κ3) is 4.24. The number of aromatic nitrogens is 1. The lowest BCUT2D eigenvalue weighted by molar-refractivity contribution is 0.0815. The molecule has 2 aromatic carbocycles. The third-order valence-electron chi connectivity index (χ3n) is 6.45. The van der Waals surface area contributed by atoms with Crippen LogP contribution in [0.4, 0.5) is 0 Å².